The van der Waals surface area contributed by atoms with E-state index < -0.39 is 20.5 Å². The average molecular weight is 336 g/mol. The standard InChI is InChI=1S/C11H20N4O4S2/c1-4-11(5-2,6-3)14-21(18,19)9-7-8(15(16)17)10(13-12)20-9/h7,13-14H,4-6,12H2,1-3H3. The molecule has 120 valence electrons. The van der Waals surface area contributed by atoms with Crippen molar-refractivity contribution in [2.24, 2.45) is 5.84 Å². The number of nitrogens with two attached hydrogens (primary N) is 1. The largest absolute Gasteiger partial charge is 0.310 e. The number of nitrogens with zero attached hydrogens (tertiary/aromatic N) is 1. The maximum Gasteiger partial charge on any atom is 0.306 e. The first-order chi connectivity index (χ1) is 9.75. The number of thiophene rings is 1. The molecular weight excluding hydrogens is 316 g/mol. The molecule has 0 fully saturated rings. The van der Waals surface area contributed by atoms with Crippen LogP contribution < -0.4 is 16.0 Å². The fraction of sp³-hybridized carbons (Fsp3) is 0.636. The van der Waals surface area contributed by atoms with Gasteiger partial charge in [0, 0.05) is 11.6 Å². The van der Waals surface area contributed by atoms with Gasteiger partial charge in [-0.1, -0.05) is 32.1 Å². The van der Waals surface area contributed by atoms with E-state index in [0.717, 1.165) is 17.4 Å². The molecule has 0 saturated heterocycles. The van der Waals surface area contributed by atoms with E-state index in [1.54, 1.807) is 0 Å². The van der Waals surface area contributed by atoms with Gasteiger partial charge in [-0.25, -0.2) is 19.0 Å². The van der Waals surface area contributed by atoms with Crippen molar-refractivity contribution in [1.29, 1.82) is 0 Å². The normalized spacial score (nSPS) is 12.4. The van der Waals surface area contributed by atoms with E-state index in [0.29, 0.717) is 19.3 Å². The van der Waals surface area contributed by atoms with Gasteiger partial charge in [0.15, 0.2) is 5.00 Å². The highest BCUT2D eigenvalue weighted by Crippen LogP contribution is 2.37. The molecule has 0 aliphatic rings. The van der Waals surface area contributed by atoms with Crippen LogP contribution in [0.15, 0.2) is 10.3 Å². The monoisotopic (exact) mass is 336 g/mol. The second-order valence-electron chi connectivity index (χ2n) is 4.63. The maximum atomic E-state index is 12.4. The number of hydrogen-bond donors (Lipinski definition) is 3. The number of nitrogens with one attached hydrogen (secondary N) is 2. The van der Waals surface area contributed by atoms with Gasteiger partial charge in [-0.3, -0.25) is 10.1 Å². The van der Waals surface area contributed by atoms with E-state index in [-0.39, 0.29) is 14.9 Å². The third-order valence-corrected chi connectivity index (χ3v) is 6.77. The molecule has 4 N–H and O–H groups in total. The van der Waals surface area contributed by atoms with Gasteiger partial charge in [0.25, 0.3) is 10.0 Å². The summed E-state index contributed by atoms with van der Waals surface area (Å²) in [5.74, 6) is 5.19. The van der Waals surface area contributed by atoms with Crippen LogP contribution in [0.25, 0.3) is 0 Å². The summed E-state index contributed by atoms with van der Waals surface area (Å²) >= 11 is 0.739. The van der Waals surface area contributed by atoms with Crippen molar-refractivity contribution in [3.05, 3.63) is 16.2 Å². The summed E-state index contributed by atoms with van der Waals surface area (Å²) in [5.41, 5.74) is 1.26. The van der Waals surface area contributed by atoms with Crippen molar-refractivity contribution in [2.45, 2.75) is 49.8 Å². The Balaban J connectivity index is 3.23. The lowest BCUT2D eigenvalue weighted by Gasteiger charge is -2.30. The smallest absolute Gasteiger partial charge is 0.306 e. The predicted molar refractivity (Wildman–Crippen MR) is 82.7 cm³/mol. The lowest BCUT2D eigenvalue weighted by Crippen LogP contribution is -2.46. The van der Waals surface area contributed by atoms with Crippen LogP contribution in [0.5, 0.6) is 0 Å². The van der Waals surface area contributed by atoms with Crippen molar-refractivity contribution >= 4 is 32.0 Å². The van der Waals surface area contributed by atoms with E-state index >= 15 is 0 Å². The predicted octanol–water partition coefficient (Wildman–Crippen LogP) is 2.19. The molecule has 8 nitrogen and oxygen atoms in total. The summed E-state index contributed by atoms with van der Waals surface area (Å²) < 4.78 is 27.4. The third kappa shape index (κ3) is 3.70. The summed E-state index contributed by atoms with van der Waals surface area (Å²) in [6.45, 7) is 5.71. The van der Waals surface area contributed by atoms with E-state index in [1.165, 1.54) is 0 Å². The molecule has 1 aromatic rings. The average Bonchev–Trinajstić information content (AvgIpc) is 2.90. The zero-order valence-corrected chi connectivity index (χ0v) is 13.8. The molecule has 0 bridgehead atoms. The Morgan fingerprint density at radius 3 is 2.19 bits per heavy atom. The Labute approximate surface area is 127 Å². The molecule has 0 spiro atoms. The van der Waals surface area contributed by atoms with Crippen LogP contribution in [0.1, 0.15) is 40.0 Å². The molecule has 1 heterocycles. The van der Waals surface area contributed by atoms with Crippen LogP contribution in [-0.4, -0.2) is 18.9 Å². The molecule has 0 saturated carbocycles. The zero-order chi connectivity index (χ0) is 16.3. The number of hydrazine groups is 1. The molecule has 10 heteroatoms. The summed E-state index contributed by atoms with van der Waals surface area (Å²) in [4.78, 5) is 10.2. The van der Waals surface area contributed by atoms with Crippen LogP contribution in [0.3, 0.4) is 0 Å². The molecule has 0 atom stereocenters. The van der Waals surface area contributed by atoms with Crippen molar-refractivity contribution in [3.63, 3.8) is 0 Å². The number of nitro groups is 1. The molecule has 1 rings (SSSR count). The number of nitrogen functional groups attached to an aromatic ring is 1. The van der Waals surface area contributed by atoms with Gasteiger partial charge in [-0.05, 0) is 19.3 Å². The minimum Gasteiger partial charge on any atom is -0.310 e. The Kier molecular flexibility index (Phi) is 5.68. The third-order valence-electron chi connectivity index (χ3n) is 3.66. The summed E-state index contributed by atoms with van der Waals surface area (Å²) in [5, 5.41) is 10.9. The van der Waals surface area contributed by atoms with Gasteiger partial charge in [0.1, 0.15) is 4.21 Å². The van der Waals surface area contributed by atoms with Crippen molar-refractivity contribution in [3.8, 4) is 0 Å². The molecule has 0 aliphatic carbocycles. The van der Waals surface area contributed by atoms with Gasteiger partial charge in [0.2, 0.25) is 0 Å². The Hall–Kier alpha value is -1.23. The Morgan fingerprint density at radius 2 is 1.86 bits per heavy atom. The molecule has 0 unspecified atom stereocenters. The van der Waals surface area contributed by atoms with Crippen molar-refractivity contribution in [2.75, 3.05) is 5.43 Å². The molecular formula is C11H20N4O4S2. The van der Waals surface area contributed by atoms with Gasteiger partial charge in [0.05, 0.1) is 4.92 Å². The van der Waals surface area contributed by atoms with E-state index in [1.807, 2.05) is 20.8 Å². The second kappa shape index (κ2) is 6.69. The van der Waals surface area contributed by atoms with Gasteiger partial charge in [-0.15, -0.1) is 0 Å². The first kappa shape index (κ1) is 17.8. The summed E-state index contributed by atoms with van der Waals surface area (Å²) in [6, 6.07) is 1.02. The molecule has 1 aromatic heterocycles. The minimum atomic E-state index is -3.83. The fourth-order valence-corrected chi connectivity index (χ4v) is 4.89. The summed E-state index contributed by atoms with van der Waals surface area (Å²) in [7, 11) is -3.83. The van der Waals surface area contributed by atoms with Gasteiger partial charge in [-0.2, -0.15) is 0 Å². The first-order valence-electron chi connectivity index (χ1n) is 6.54. The van der Waals surface area contributed by atoms with Crippen LogP contribution in [-0.2, 0) is 10.0 Å². The van der Waals surface area contributed by atoms with Crippen LogP contribution in [0.4, 0.5) is 10.7 Å². The fourth-order valence-electron chi connectivity index (χ4n) is 2.03. The lowest BCUT2D eigenvalue weighted by molar-refractivity contribution is -0.383. The molecule has 21 heavy (non-hydrogen) atoms. The molecule has 0 amide bonds. The van der Waals surface area contributed by atoms with Gasteiger partial charge >= 0.3 is 5.69 Å². The quantitative estimate of drug-likeness (QED) is 0.379. The zero-order valence-electron chi connectivity index (χ0n) is 12.2. The van der Waals surface area contributed by atoms with E-state index in [4.69, 9.17) is 5.84 Å². The molecule has 0 radical (unpaired) electrons. The maximum absolute atomic E-state index is 12.4. The van der Waals surface area contributed by atoms with E-state index in [2.05, 4.69) is 10.1 Å². The molecule has 0 aliphatic heterocycles. The highest BCUT2D eigenvalue weighted by molar-refractivity contribution is 7.91. The topological polar surface area (TPSA) is 127 Å². The van der Waals surface area contributed by atoms with Crippen LogP contribution >= 0.6 is 11.3 Å². The second-order valence-corrected chi connectivity index (χ2v) is 7.59. The van der Waals surface area contributed by atoms with Gasteiger partial charge < -0.3 is 5.43 Å². The number of anilines is 1. The first-order valence-corrected chi connectivity index (χ1v) is 8.84. The minimum absolute atomic E-state index is 0.00969. The lowest BCUT2D eigenvalue weighted by atomic mass is 9.91. The highest BCUT2D eigenvalue weighted by Gasteiger charge is 2.33. The number of sulfonamides is 1. The van der Waals surface area contributed by atoms with Crippen LogP contribution in [0.2, 0.25) is 0 Å². The van der Waals surface area contributed by atoms with Crippen molar-refractivity contribution < 1.29 is 13.3 Å². The SMILES string of the molecule is CCC(CC)(CC)NS(=O)(=O)c1cc([N+](=O)[O-])c(NN)s1. The van der Waals surface area contributed by atoms with E-state index in [9.17, 15) is 18.5 Å². The highest BCUT2D eigenvalue weighted by atomic mass is 32.2. The Morgan fingerprint density at radius 1 is 1.33 bits per heavy atom. The number of hydrogen-bond acceptors (Lipinski definition) is 7. The van der Waals surface area contributed by atoms with Crippen molar-refractivity contribution in [1.82, 2.24) is 4.72 Å². The Bertz CT molecular complexity index is 599. The number of rotatable bonds is 8. The summed E-state index contributed by atoms with van der Waals surface area (Å²) in [6.07, 6.45) is 1.90. The molecule has 0 aromatic carbocycles. The van der Waals surface area contributed by atoms with Crippen LogP contribution in [0, 0.1) is 10.1 Å².